The van der Waals surface area contributed by atoms with Crippen LogP contribution in [-0.2, 0) is 40.0 Å². The number of nitrogens with one attached hydrogen (secondary N) is 1. The first-order valence-electron chi connectivity index (χ1n) is 32.2. The van der Waals surface area contributed by atoms with Crippen molar-refractivity contribution in [3.05, 3.63) is 161 Å². The second kappa shape index (κ2) is 29.1. The minimum absolute atomic E-state index is 0.137. The molecule has 15 rings (SSSR count). The monoisotopic (exact) mass is 1590 g/mol. The Balaban J connectivity index is 0.000000138. The van der Waals surface area contributed by atoms with Crippen molar-refractivity contribution >= 4 is 112 Å². The van der Waals surface area contributed by atoms with E-state index in [0.717, 1.165) is 109 Å². The van der Waals surface area contributed by atoms with Crippen LogP contribution in [0.4, 0.5) is 11.9 Å². The van der Waals surface area contributed by atoms with Crippen molar-refractivity contribution in [2.75, 3.05) is 16.4 Å². The topological polar surface area (TPSA) is 317 Å². The number of fused-ring (bicyclic) bond motifs is 3. The van der Waals surface area contributed by atoms with Gasteiger partial charge in [-0.25, -0.2) is 34.9 Å². The lowest BCUT2D eigenvalue weighted by atomic mass is 9.81. The first kappa shape index (κ1) is 72.6. The van der Waals surface area contributed by atoms with Crippen molar-refractivity contribution in [1.82, 2.24) is 110 Å². The number of benzene rings is 6. The predicted octanol–water partition coefficient (Wildman–Crippen LogP) is 13.9. The van der Waals surface area contributed by atoms with Gasteiger partial charge in [-0.15, -0.1) is 30.6 Å². The number of alkyl halides is 1. The molecule has 0 atom stereocenters. The molecular formula is C71H78BBr2IN24O2. The third kappa shape index (κ3) is 15.6. The highest BCUT2D eigenvalue weighted by Crippen LogP contribution is 2.41. The zero-order valence-electron chi connectivity index (χ0n) is 59.0. The Morgan fingerprint density at radius 1 is 0.455 bits per heavy atom. The van der Waals surface area contributed by atoms with Gasteiger partial charge in [0.15, 0.2) is 0 Å². The van der Waals surface area contributed by atoms with Gasteiger partial charge in [-0.1, -0.05) is 133 Å². The first-order valence-corrected chi connectivity index (χ1v) is 36.0. The molecule has 0 aliphatic carbocycles. The van der Waals surface area contributed by atoms with E-state index in [-0.39, 0.29) is 39.7 Å². The van der Waals surface area contributed by atoms with Crippen molar-refractivity contribution in [2.24, 2.45) is 14.1 Å². The molecule has 0 spiro atoms. The standard InChI is InChI=1S/C23H23N9.C19H19BrN6.C18H17BrN6.C10H16BN3O2.CH3I/c1-23(2,3)32-19-10-9-14(15-12-25-22(24)26-13-15)11-18(19)27-21(32)17-8-6-5-7-16(17)20-28-30-31(4)29-20;1-19(2,3)26-16-10-9-12(20)11-15(16)21-18(26)14-8-6-5-7-13(14)17-22-24-25(4)23-17;1-18(2,3)25-15-9-8-11(19)10-14(15)20-17(25)13-7-5-4-6-12(13)16-21-23-24-22-16;1-9(2)10(3,4)16-11(15-9)7-5-13-8(12)14-6-7;1-2/h5-13H,1-4H3,(H2,24,25,26);5-11H,1-4H3;4-10H,1-3H3,(H,21,22,23,24);5-6H,1-4H3,(H2,12,13,14);1H3. The van der Waals surface area contributed by atoms with Gasteiger partial charge in [0, 0.05) is 94.8 Å². The number of halogens is 3. The zero-order chi connectivity index (χ0) is 72.5. The number of rotatable bonds is 8. The maximum absolute atomic E-state index is 5.85. The molecule has 6 aromatic carbocycles. The van der Waals surface area contributed by atoms with E-state index in [2.05, 4.69) is 238 Å². The van der Waals surface area contributed by atoms with Crippen LogP contribution in [-0.4, -0.2) is 133 Å². The molecule has 30 heteroatoms. The Morgan fingerprint density at radius 3 is 1.17 bits per heavy atom. The molecular weight excluding hydrogens is 1520 g/mol. The van der Waals surface area contributed by atoms with Crippen molar-refractivity contribution in [3.63, 3.8) is 0 Å². The molecule has 1 saturated heterocycles. The molecule has 14 aromatic rings. The quantitative estimate of drug-likeness (QED) is 0.0723. The molecule has 1 aliphatic heterocycles. The Hall–Kier alpha value is -9.63. The van der Waals surface area contributed by atoms with Crippen LogP contribution in [0.2, 0.25) is 0 Å². The number of aryl methyl sites for hydroxylation is 2. The van der Waals surface area contributed by atoms with E-state index in [9.17, 15) is 0 Å². The molecule has 518 valence electrons. The smallest absolute Gasteiger partial charge is 0.399 e. The van der Waals surface area contributed by atoms with E-state index in [0.29, 0.717) is 17.5 Å². The lowest BCUT2D eigenvalue weighted by Gasteiger charge is -2.32. The summed E-state index contributed by atoms with van der Waals surface area (Å²) in [7, 11) is 3.10. The lowest BCUT2D eigenvalue weighted by molar-refractivity contribution is 0.00578. The van der Waals surface area contributed by atoms with Crippen LogP contribution in [0.3, 0.4) is 0 Å². The van der Waals surface area contributed by atoms with Crippen LogP contribution in [0, 0.1) is 0 Å². The van der Waals surface area contributed by atoms with Crippen molar-refractivity contribution in [3.8, 4) is 79.5 Å². The Morgan fingerprint density at radius 2 is 0.812 bits per heavy atom. The van der Waals surface area contributed by atoms with Crippen LogP contribution in [0.5, 0.6) is 0 Å². The third-order valence-corrected chi connectivity index (χ3v) is 17.7. The van der Waals surface area contributed by atoms with Gasteiger partial charge in [0.2, 0.25) is 29.4 Å². The minimum Gasteiger partial charge on any atom is -0.399 e. The maximum Gasteiger partial charge on any atom is 0.498 e. The van der Waals surface area contributed by atoms with E-state index in [4.69, 9.17) is 35.7 Å². The molecule has 0 saturated carbocycles. The molecule has 0 radical (unpaired) electrons. The van der Waals surface area contributed by atoms with Gasteiger partial charge in [0.1, 0.15) is 17.5 Å². The number of hydrogen-bond acceptors (Lipinski definition) is 20. The fourth-order valence-electron chi connectivity index (χ4n) is 11.6. The Kier molecular flexibility index (Phi) is 21.0. The van der Waals surface area contributed by atoms with Crippen LogP contribution in [0.25, 0.3) is 113 Å². The molecule has 1 fully saturated rings. The summed E-state index contributed by atoms with van der Waals surface area (Å²) in [6.07, 6.45) is 6.70. The van der Waals surface area contributed by atoms with Gasteiger partial charge in [0.05, 0.1) is 58.4 Å². The number of anilines is 2. The van der Waals surface area contributed by atoms with Gasteiger partial charge in [-0.2, -0.15) is 14.8 Å². The number of H-pyrrole nitrogens is 1. The van der Waals surface area contributed by atoms with E-state index in [1.165, 1.54) is 9.59 Å². The van der Waals surface area contributed by atoms with Gasteiger partial charge in [-0.3, -0.25) is 0 Å². The lowest BCUT2D eigenvalue weighted by Crippen LogP contribution is -2.41. The molecule has 0 unspecified atom stereocenters. The molecule has 26 nitrogen and oxygen atoms in total. The second-order valence-electron chi connectivity index (χ2n) is 27.7. The van der Waals surface area contributed by atoms with Crippen molar-refractivity contribution < 1.29 is 9.31 Å². The van der Waals surface area contributed by atoms with Gasteiger partial charge >= 0.3 is 7.12 Å². The van der Waals surface area contributed by atoms with Crippen LogP contribution < -0.4 is 16.9 Å². The van der Waals surface area contributed by atoms with Crippen LogP contribution in [0.1, 0.15) is 90.0 Å². The summed E-state index contributed by atoms with van der Waals surface area (Å²) >= 11 is 9.23. The highest BCUT2D eigenvalue weighted by atomic mass is 127. The molecule has 1 aliphatic rings. The normalized spacial score (nSPS) is 13.4. The van der Waals surface area contributed by atoms with E-state index in [1.807, 2.05) is 124 Å². The van der Waals surface area contributed by atoms with E-state index in [1.54, 1.807) is 38.9 Å². The summed E-state index contributed by atoms with van der Waals surface area (Å²) in [6.45, 7) is 27.6. The van der Waals surface area contributed by atoms with E-state index < -0.39 is 7.12 Å². The molecule has 9 heterocycles. The number of aromatic amines is 1. The van der Waals surface area contributed by atoms with Crippen LogP contribution in [0.15, 0.2) is 161 Å². The largest absolute Gasteiger partial charge is 0.498 e. The Bertz CT molecular complexity index is 5200. The Labute approximate surface area is 615 Å². The van der Waals surface area contributed by atoms with Gasteiger partial charge < -0.3 is 34.5 Å². The third-order valence-electron chi connectivity index (χ3n) is 16.7. The van der Waals surface area contributed by atoms with Gasteiger partial charge in [-0.05, 0) is 165 Å². The summed E-state index contributed by atoms with van der Waals surface area (Å²) in [5.41, 5.74) is 24.2. The van der Waals surface area contributed by atoms with Gasteiger partial charge in [0.25, 0.3) is 0 Å². The number of nitrogens with two attached hydrogens (primary N) is 2. The number of hydrogen-bond donors (Lipinski definition) is 3. The summed E-state index contributed by atoms with van der Waals surface area (Å²) in [5, 5.41) is 39.7. The fraction of sp³-hybridized carbons (Fsp3) is 0.296. The highest BCUT2D eigenvalue weighted by molar-refractivity contribution is 14.1. The molecule has 101 heavy (non-hydrogen) atoms. The summed E-state index contributed by atoms with van der Waals surface area (Å²) < 4.78 is 20.5. The minimum atomic E-state index is -0.425. The summed E-state index contributed by atoms with van der Waals surface area (Å²) in [5.74, 6) is 4.86. The zero-order valence-corrected chi connectivity index (χ0v) is 64.3. The summed E-state index contributed by atoms with van der Waals surface area (Å²) in [6, 6.07) is 42.6. The first-order chi connectivity index (χ1) is 47.9. The molecule has 0 bridgehead atoms. The summed E-state index contributed by atoms with van der Waals surface area (Å²) in [4.78, 5) is 35.9. The number of imidazole rings is 3. The average Bonchev–Trinajstić information content (AvgIpc) is 1.63. The van der Waals surface area contributed by atoms with E-state index >= 15 is 0 Å². The number of tetrazole rings is 3. The molecule has 5 N–H and O–H groups in total. The number of aromatic nitrogens is 22. The number of nitrogens with zero attached hydrogens (tertiary/aromatic N) is 21. The van der Waals surface area contributed by atoms with Crippen LogP contribution >= 0.6 is 54.5 Å². The fourth-order valence-corrected chi connectivity index (χ4v) is 12.3. The molecule has 0 amide bonds. The van der Waals surface area contributed by atoms with Crippen molar-refractivity contribution in [1.29, 1.82) is 0 Å². The number of nitrogen functional groups attached to an aromatic ring is 2. The predicted molar refractivity (Wildman–Crippen MR) is 412 cm³/mol. The highest BCUT2D eigenvalue weighted by Gasteiger charge is 2.52. The maximum atomic E-state index is 5.85. The SMILES string of the molecule is CC(C)(C)n1c(-c2ccccc2-c2nn[nH]n2)nc2cc(Br)ccc21.CC1(C)OB(c2cnc(N)nc2)OC1(C)C.CI.Cn1nnc(-c2ccccc2-c2nc3cc(-c4cnc(N)nc4)ccc3n2C(C)(C)C)n1.Cn1nnc(-c2ccccc2-c2nc3cc(Br)ccc3n2C(C)(C)C)n1. The second-order valence-corrected chi connectivity index (χ2v) is 29.5. The average molecular weight is 1600 g/mol. The van der Waals surface area contributed by atoms with Crippen molar-refractivity contribution in [2.45, 2.75) is 118 Å². The molecule has 8 aromatic heterocycles.